The fraction of sp³-hybridized carbons (Fsp3) is 0.0519. The van der Waals surface area contributed by atoms with Gasteiger partial charge in [0.2, 0.25) is 0 Å². The normalized spacial score (nSPS) is 12.7. The van der Waals surface area contributed by atoms with Gasteiger partial charge in [-0.3, -0.25) is 0 Å². The van der Waals surface area contributed by atoms with E-state index in [2.05, 4.69) is 300 Å². The molecule has 0 spiro atoms. The number of hydrogen-bond donors (Lipinski definition) is 0. The van der Waals surface area contributed by atoms with Crippen LogP contribution >= 0.6 is 0 Å². The first-order valence-electron chi connectivity index (χ1n) is 28.9. The Labute approximate surface area is 486 Å². The van der Waals surface area contributed by atoms with Crippen LogP contribution in [0.1, 0.15) is 31.9 Å². The molecule has 0 atom stereocenters. The second-order valence-electron chi connectivity index (χ2n) is 23.5. The van der Waals surface area contributed by atoms with Gasteiger partial charge < -0.3 is 23.3 Å². The summed E-state index contributed by atoms with van der Waals surface area (Å²) in [5.74, 6) is 1.67. The number of para-hydroxylation sites is 6. The van der Waals surface area contributed by atoms with Crippen LogP contribution in [0.25, 0.3) is 105 Å². The Hall–Kier alpha value is -10.8. The molecule has 7 heteroatoms. The maximum absolute atomic E-state index is 10.4. The van der Waals surface area contributed by atoms with E-state index in [1.54, 1.807) is 0 Å². The number of benzene rings is 12. The fourth-order valence-electron chi connectivity index (χ4n) is 14.1. The van der Waals surface area contributed by atoms with Crippen molar-refractivity contribution in [2.75, 3.05) is 4.90 Å². The summed E-state index contributed by atoms with van der Waals surface area (Å²) >= 11 is 0. The third-order valence-corrected chi connectivity index (χ3v) is 17.8. The van der Waals surface area contributed by atoms with Gasteiger partial charge in [0.1, 0.15) is 11.5 Å². The minimum Gasteiger partial charge on any atom is -0.458 e. The molecule has 394 valence electrons. The van der Waals surface area contributed by atoms with Crippen LogP contribution in [-0.4, -0.2) is 20.4 Å². The summed E-state index contributed by atoms with van der Waals surface area (Å²) in [5, 5.41) is 17.2. The molecule has 0 unspecified atom stereocenters. The van der Waals surface area contributed by atoms with E-state index in [0.717, 1.165) is 123 Å². The van der Waals surface area contributed by atoms with Crippen molar-refractivity contribution in [2.45, 2.75) is 26.2 Å². The zero-order valence-electron chi connectivity index (χ0n) is 46.5. The molecule has 6 nitrogen and oxygen atoms in total. The first-order chi connectivity index (χ1) is 41.3. The molecule has 0 aliphatic carbocycles. The zero-order chi connectivity index (χ0) is 55.9. The number of anilines is 3. The predicted molar refractivity (Wildman–Crippen MR) is 350 cm³/mol. The van der Waals surface area contributed by atoms with Gasteiger partial charge in [0.15, 0.2) is 0 Å². The van der Waals surface area contributed by atoms with Gasteiger partial charge in [0, 0.05) is 61.0 Å². The van der Waals surface area contributed by atoms with Crippen molar-refractivity contribution < 1.29 is 4.74 Å². The van der Waals surface area contributed by atoms with Gasteiger partial charge in [0.25, 0.3) is 6.71 Å². The first kappa shape index (κ1) is 48.0. The van der Waals surface area contributed by atoms with Gasteiger partial charge in [-0.05, 0) is 135 Å². The monoisotopic (exact) mass is 1070 g/mol. The quantitative estimate of drug-likeness (QED) is 0.156. The summed E-state index contributed by atoms with van der Waals surface area (Å²) in [6.45, 7) is 6.76. The van der Waals surface area contributed by atoms with Gasteiger partial charge in [-0.1, -0.05) is 185 Å². The van der Waals surface area contributed by atoms with Crippen LogP contribution in [-0.2, 0) is 5.41 Å². The van der Waals surface area contributed by atoms with Gasteiger partial charge in [-0.2, -0.15) is 5.26 Å². The Balaban J connectivity index is 1.03. The summed E-state index contributed by atoms with van der Waals surface area (Å²) in [4.78, 5) is 2.60. The third kappa shape index (κ3) is 7.04. The van der Waals surface area contributed by atoms with Crippen LogP contribution in [0.3, 0.4) is 0 Å². The third-order valence-electron chi connectivity index (χ3n) is 17.8. The highest BCUT2D eigenvalue weighted by atomic mass is 16.5. The molecule has 84 heavy (non-hydrogen) atoms. The van der Waals surface area contributed by atoms with Gasteiger partial charge in [0.05, 0.1) is 61.8 Å². The predicted octanol–water partition coefficient (Wildman–Crippen LogP) is 17.9. The maximum atomic E-state index is 10.4. The molecule has 2 aliphatic rings. The van der Waals surface area contributed by atoms with Gasteiger partial charge in [-0.15, -0.1) is 0 Å². The first-order valence-corrected chi connectivity index (χ1v) is 28.9. The van der Waals surface area contributed by atoms with Gasteiger partial charge >= 0.3 is 0 Å². The molecule has 3 aromatic heterocycles. The van der Waals surface area contributed by atoms with Crippen molar-refractivity contribution in [2.24, 2.45) is 0 Å². The van der Waals surface area contributed by atoms with Crippen LogP contribution in [0.5, 0.6) is 11.5 Å². The smallest absolute Gasteiger partial charge is 0.256 e. The fourth-order valence-corrected chi connectivity index (χ4v) is 14.1. The van der Waals surface area contributed by atoms with Crippen molar-refractivity contribution in [3.05, 3.63) is 272 Å². The van der Waals surface area contributed by atoms with Crippen molar-refractivity contribution in [3.8, 4) is 56.9 Å². The lowest BCUT2D eigenvalue weighted by molar-refractivity contribution is 0.487. The molecule has 15 aromatic rings. The summed E-state index contributed by atoms with van der Waals surface area (Å²) in [6, 6.07) is 97.6. The van der Waals surface area contributed by atoms with Crippen LogP contribution in [0.15, 0.2) is 261 Å². The van der Waals surface area contributed by atoms with E-state index in [1.807, 2.05) is 6.07 Å². The van der Waals surface area contributed by atoms with E-state index in [4.69, 9.17) is 4.74 Å². The number of rotatable bonds is 6. The largest absolute Gasteiger partial charge is 0.458 e. The second kappa shape index (κ2) is 18.1. The van der Waals surface area contributed by atoms with Crippen LogP contribution < -0.4 is 26.0 Å². The molecule has 0 bridgehead atoms. The Morgan fingerprint density at radius 2 is 0.952 bits per heavy atom. The topological polar surface area (TPSA) is 51.0 Å². The van der Waals surface area contributed by atoms with Crippen molar-refractivity contribution >= 4 is 106 Å². The molecule has 2 aliphatic heterocycles. The zero-order valence-corrected chi connectivity index (χ0v) is 46.5. The average Bonchev–Trinajstić information content (AvgIpc) is 1.72. The summed E-state index contributed by atoms with van der Waals surface area (Å²) in [5.41, 5.74) is 22.4. The lowest BCUT2D eigenvalue weighted by atomic mass is 9.34. The summed E-state index contributed by atoms with van der Waals surface area (Å²) < 4.78 is 14.7. The number of hydrogen-bond acceptors (Lipinski definition) is 3. The summed E-state index contributed by atoms with van der Waals surface area (Å²) in [7, 11) is 0. The molecule has 0 saturated heterocycles. The van der Waals surface area contributed by atoms with E-state index in [1.165, 1.54) is 32.6 Å². The number of fused-ring (bicyclic) bond motifs is 13. The molecule has 0 N–H and O–H groups in total. The molecular formula is C77H52BN5O. The minimum atomic E-state index is -0.198. The number of nitriles is 1. The molecule has 0 fully saturated rings. The molecular weight excluding hydrogens is 1020 g/mol. The maximum Gasteiger partial charge on any atom is 0.256 e. The van der Waals surface area contributed by atoms with Crippen molar-refractivity contribution in [1.29, 1.82) is 5.26 Å². The Kier molecular flexibility index (Phi) is 10.3. The van der Waals surface area contributed by atoms with E-state index >= 15 is 0 Å². The molecule has 0 amide bonds. The Morgan fingerprint density at radius 3 is 1.63 bits per heavy atom. The Morgan fingerprint density at radius 1 is 0.381 bits per heavy atom. The lowest BCUT2D eigenvalue weighted by Crippen LogP contribution is -2.59. The highest BCUT2D eigenvalue weighted by molar-refractivity contribution is 6.99. The van der Waals surface area contributed by atoms with Gasteiger partial charge in [-0.25, -0.2) is 0 Å². The molecule has 0 radical (unpaired) electrons. The van der Waals surface area contributed by atoms with Crippen molar-refractivity contribution in [3.63, 3.8) is 0 Å². The second-order valence-corrected chi connectivity index (χ2v) is 23.5. The van der Waals surface area contributed by atoms with Crippen molar-refractivity contribution in [1.82, 2.24) is 13.7 Å². The SMILES string of the molecule is CC(C)(C)c1ccc2c(c1)N(c1c(-c3ccc4c(c3)c3ccccc3n4-c3ccccc3)cccc1-n1c3ccccc3c3cc(C#N)ccc31)c1cc(-n3c4ccccc4c4ccccc43)cc3c1B2c1cc(-c2ccccc2)ccc1O3. The van der Waals surface area contributed by atoms with E-state index in [0.29, 0.717) is 5.56 Å². The molecule has 12 aromatic carbocycles. The average molecular weight is 1070 g/mol. The number of ether oxygens (including phenoxy) is 1. The van der Waals surface area contributed by atoms with Crippen LogP contribution in [0.4, 0.5) is 17.1 Å². The summed E-state index contributed by atoms with van der Waals surface area (Å²) in [6.07, 6.45) is 0. The standard InChI is InChI=1S/C77H52BN5O/c1-77(2,3)52-36-37-62-71(44-52)83(72-45-54(81-64-28-14-10-23-56(64)57-24-11-15-29-65(57)81)46-74-75(72)78(62)63-43-50(35-40-73(63)84-74)49-19-6-4-7-20-49)76-55(27-18-32-70(76)82-67-31-17-13-25-58(67)60-41-48(47-79)33-38-69(60)82)51-34-39-68-61(42-51)59-26-12-16-30-66(59)80(68)53-21-8-5-9-22-53/h4-46H,1-3H3. The van der Waals surface area contributed by atoms with E-state index < -0.39 is 0 Å². The number of aromatic nitrogens is 3. The molecule has 0 saturated carbocycles. The Bertz CT molecular complexity index is 5250. The van der Waals surface area contributed by atoms with Crippen LogP contribution in [0, 0.1) is 11.3 Å². The van der Waals surface area contributed by atoms with E-state index in [9.17, 15) is 5.26 Å². The highest BCUT2D eigenvalue weighted by Crippen LogP contribution is 2.51. The lowest BCUT2D eigenvalue weighted by Gasteiger charge is -2.42. The minimum absolute atomic E-state index is 0.191. The van der Waals surface area contributed by atoms with Crippen LogP contribution in [0.2, 0.25) is 0 Å². The molecule has 5 heterocycles. The number of nitrogens with zero attached hydrogens (tertiary/aromatic N) is 5. The molecule has 17 rings (SSSR count). The highest BCUT2D eigenvalue weighted by Gasteiger charge is 2.44. The van der Waals surface area contributed by atoms with E-state index in [-0.39, 0.29) is 12.1 Å².